The van der Waals surface area contributed by atoms with Crippen molar-refractivity contribution in [2.24, 2.45) is 0 Å². The van der Waals surface area contributed by atoms with Gasteiger partial charge in [-0.1, -0.05) is 13.8 Å². The van der Waals surface area contributed by atoms with Gasteiger partial charge in [0.2, 0.25) is 0 Å². The number of hydrogen-bond acceptors (Lipinski definition) is 4. The van der Waals surface area contributed by atoms with E-state index in [1.54, 1.807) is 7.11 Å². The first-order chi connectivity index (χ1) is 9.62. The Hall–Kier alpha value is -1.39. The Kier molecular flexibility index (Phi) is 7.26. The molecule has 0 bridgehead atoms. The van der Waals surface area contributed by atoms with Gasteiger partial charge in [0.25, 0.3) is 0 Å². The van der Waals surface area contributed by atoms with Crippen LogP contribution in [-0.4, -0.2) is 50.5 Å². The minimum atomic E-state index is 0.121. The highest BCUT2D eigenvalue weighted by atomic mass is 16.5. The number of nitrogens with one attached hydrogen (secondary N) is 1. The Morgan fingerprint density at radius 1 is 1.30 bits per heavy atom. The lowest BCUT2D eigenvalue weighted by molar-refractivity contribution is 0.0990. The molecule has 0 aliphatic rings. The Balaban J connectivity index is 2.41. The molecule has 1 rings (SSSR count). The van der Waals surface area contributed by atoms with Crippen molar-refractivity contribution in [2.45, 2.75) is 20.8 Å². The number of likely N-dealkylation sites (N-methyl/N-ethyl adjacent to an activating group) is 1. The van der Waals surface area contributed by atoms with Gasteiger partial charge in [-0.25, -0.2) is 0 Å². The predicted octanol–water partition coefficient (Wildman–Crippen LogP) is 2.12. The van der Waals surface area contributed by atoms with E-state index in [1.807, 2.05) is 25.1 Å². The number of benzene rings is 1. The number of rotatable bonds is 9. The third-order valence-electron chi connectivity index (χ3n) is 3.50. The van der Waals surface area contributed by atoms with E-state index in [0.29, 0.717) is 6.54 Å². The molecular formula is C16H26N2O2. The van der Waals surface area contributed by atoms with Crippen LogP contribution in [0.3, 0.4) is 0 Å². The number of nitrogens with zero attached hydrogens (tertiary/aromatic N) is 1. The number of ketones is 1. The summed E-state index contributed by atoms with van der Waals surface area (Å²) in [6.07, 6.45) is 0. The zero-order chi connectivity index (χ0) is 15.0. The molecule has 0 spiro atoms. The average Bonchev–Trinajstić information content (AvgIpc) is 2.47. The van der Waals surface area contributed by atoms with E-state index >= 15 is 0 Å². The first-order valence-electron chi connectivity index (χ1n) is 7.23. The van der Waals surface area contributed by atoms with Gasteiger partial charge in [-0.2, -0.15) is 0 Å². The van der Waals surface area contributed by atoms with Crippen molar-refractivity contribution in [3.8, 4) is 5.75 Å². The molecule has 0 saturated heterocycles. The Labute approximate surface area is 122 Å². The van der Waals surface area contributed by atoms with Crippen LogP contribution in [0.5, 0.6) is 5.75 Å². The van der Waals surface area contributed by atoms with Gasteiger partial charge < -0.3 is 15.0 Å². The van der Waals surface area contributed by atoms with E-state index in [-0.39, 0.29) is 5.78 Å². The average molecular weight is 278 g/mol. The van der Waals surface area contributed by atoms with E-state index in [4.69, 9.17) is 4.74 Å². The van der Waals surface area contributed by atoms with Gasteiger partial charge in [-0.15, -0.1) is 0 Å². The van der Waals surface area contributed by atoms with E-state index in [1.165, 1.54) is 0 Å². The van der Waals surface area contributed by atoms with Crippen LogP contribution in [-0.2, 0) is 0 Å². The molecule has 0 saturated carbocycles. The Morgan fingerprint density at radius 3 is 2.55 bits per heavy atom. The molecule has 1 aromatic carbocycles. The predicted molar refractivity (Wildman–Crippen MR) is 82.7 cm³/mol. The van der Waals surface area contributed by atoms with Gasteiger partial charge in [-0.3, -0.25) is 4.79 Å². The third-order valence-corrected chi connectivity index (χ3v) is 3.50. The number of Topliss-reactive ketones (excluding diaryl/α,β-unsaturated/α-hetero) is 1. The zero-order valence-corrected chi connectivity index (χ0v) is 13.0. The molecule has 4 heteroatoms. The van der Waals surface area contributed by atoms with Crippen molar-refractivity contribution < 1.29 is 9.53 Å². The van der Waals surface area contributed by atoms with Gasteiger partial charge >= 0.3 is 0 Å². The minimum Gasteiger partial charge on any atom is -0.496 e. The molecule has 0 amide bonds. The summed E-state index contributed by atoms with van der Waals surface area (Å²) in [5, 5.41) is 3.21. The maximum atomic E-state index is 12.1. The van der Waals surface area contributed by atoms with Crippen molar-refractivity contribution in [2.75, 3.05) is 39.8 Å². The second-order valence-corrected chi connectivity index (χ2v) is 4.81. The molecule has 0 unspecified atom stereocenters. The summed E-state index contributed by atoms with van der Waals surface area (Å²) in [6.45, 7) is 10.5. The summed E-state index contributed by atoms with van der Waals surface area (Å²) in [5.74, 6) is 0.936. The lowest BCUT2D eigenvalue weighted by Gasteiger charge is -2.17. The first-order valence-corrected chi connectivity index (χ1v) is 7.23. The monoisotopic (exact) mass is 278 g/mol. The molecule has 4 nitrogen and oxygen atoms in total. The number of methoxy groups -OCH3 is 1. The van der Waals surface area contributed by atoms with Crippen molar-refractivity contribution in [1.82, 2.24) is 10.2 Å². The lowest BCUT2D eigenvalue weighted by Crippen LogP contribution is -2.34. The number of hydrogen-bond donors (Lipinski definition) is 1. The number of carbonyl (C=O) groups excluding carboxylic acids is 1. The standard InChI is InChI=1S/C16H26N2O2/c1-5-18(6-2)10-9-17-12-15(19)14-7-8-16(20-4)13(3)11-14/h7-8,11,17H,5-6,9-10,12H2,1-4H3. The Bertz CT molecular complexity index is 428. The zero-order valence-electron chi connectivity index (χ0n) is 13.0. The summed E-state index contributed by atoms with van der Waals surface area (Å²) in [6, 6.07) is 5.55. The highest BCUT2D eigenvalue weighted by molar-refractivity contribution is 5.97. The summed E-state index contributed by atoms with van der Waals surface area (Å²) in [5.41, 5.74) is 1.72. The van der Waals surface area contributed by atoms with Crippen LogP contribution in [0.1, 0.15) is 29.8 Å². The van der Waals surface area contributed by atoms with Crippen LogP contribution in [0.4, 0.5) is 0 Å². The number of carbonyl (C=O) groups is 1. The molecule has 20 heavy (non-hydrogen) atoms. The van der Waals surface area contributed by atoms with E-state index in [9.17, 15) is 4.79 Å². The molecule has 0 atom stereocenters. The summed E-state index contributed by atoms with van der Waals surface area (Å²) in [4.78, 5) is 14.4. The number of aryl methyl sites for hydroxylation is 1. The molecule has 0 radical (unpaired) electrons. The van der Waals surface area contributed by atoms with Gasteiger partial charge in [0.15, 0.2) is 5.78 Å². The van der Waals surface area contributed by atoms with Gasteiger partial charge in [0.05, 0.1) is 13.7 Å². The van der Waals surface area contributed by atoms with Gasteiger partial charge in [0, 0.05) is 18.7 Å². The van der Waals surface area contributed by atoms with Crippen molar-refractivity contribution in [1.29, 1.82) is 0 Å². The molecule has 1 N–H and O–H groups in total. The molecule has 0 fully saturated rings. The first kappa shape index (κ1) is 16.7. The van der Waals surface area contributed by atoms with Crippen LogP contribution >= 0.6 is 0 Å². The fraction of sp³-hybridized carbons (Fsp3) is 0.562. The molecule has 0 aromatic heterocycles. The van der Waals surface area contributed by atoms with E-state index in [2.05, 4.69) is 24.1 Å². The summed E-state index contributed by atoms with van der Waals surface area (Å²) in [7, 11) is 1.64. The molecular weight excluding hydrogens is 252 g/mol. The quantitative estimate of drug-likeness (QED) is 0.555. The molecule has 0 aliphatic heterocycles. The Morgan fingerprint density at radius 2 is 2.00 bits per heavy atom. The second kappa shape index (κ2) is 8.72. The molecule has 1 aromatic rings. The van der Waals surface area contributed by atoms with Gasteiger partial charge in [-0.05, 0) is 43.8 Å². The highest BCUT2D eigenvalue weighted by Gasteiger charge is 2.08. The van der Waals surface area contributed by atoms with Crippen LogP contribution in [0.25, 0.3) is 0 Å². The minimum absolute atomic E-state index is 0.121. The second-order valence-electron chi connectivity index (χ2n) is 4.81. The fourth-order valence-corrected chi connectivity index (χ4v) is 2.13. The smallest absolute Gasteiger partial charge is 0.176 e. The van der Waals surface area contributed by atoms with Crippen LogP contribution < -0.4 is 10.1 Å². The van der Waals surface area contributed by atoms with Crippen LogP contribution in [0, 0.1) is 6.92 Å². The van der Waals surface area contributed by atoms with E-state index in [0.717, 1.165) is 43.1 Å². The normalized spacial score (nSPS) is 10.8. The highest BCUT2D eigenvalue weighted by Crippen LogP contribution is 2.18. The summed E-state index contributed by atoms with van der Waals surface area (Å²) >= 11 is 0. The van der Waals surface area contributed by atoms with Crippen molar-refractivity contribution in [3.63, 3.8) is 0 Å². The number of ether oxygens (including phenoxy) is 1. The van der Waals surface area contributed by atoms with Crippen LogP contribution in [0.2, 0.25) is 0 Å². The van der Waals surface area contributed by atoms with E-state index < -0.39 is 0 Å². The summed E-state index contributed by atoms with van der Waals surface area (Å²) < 4.78 is 5.20. The van der Waals surface area contributed by atoms with Crippen LogP contribution in [0.15, 0.2) is 18.2 Å². The maximum Gasteiger partial charge on any atom is 0.176 e. The molecule has 0 aliphatic carbocycles. The van der Waals surface area contributed by atoms with Crippen molar-refractivity contribution >= 4 is 5.78 Å². The van der Waals surface area contributed by atoms with Crippen molar-refractivity contribution in [3.05, 3.63) is 29.3 Å². The maximum absolute atomic E-state index is 12.1. The third kappa shape index (κ3) is 4.94. The SMILES string of the molecule is CCN(CC)CCNCC(=O)c1ccc(OC)c(C)c1. The topological polar surface area (TPSA) is 41.6 Å². The lowest BCUT2D eigenvalue weighted by atomic mass is 10.1. The fourth-order valence-electron chi connectivity index (χ4n) is 2.13. The molecule has 112 valence electrons. The molecule has 0 heterocycles. The van der Waals surface area contributed by atoms with Gasteiger partial charge in [0.1, 0.15) is 5.75 Å². The largest absolute Gasteiger partial charge is 0.496 e.